The van der Waals surface area contributed by atoms with Gasteiger partial charge in [-0.2, -0.15) is 0 Å². The highest BCUT2D eigenvalue weighted by atomic mass is 16.5. The zero-order valence-electron chi connectivity index (χ0n) is 10.1. The highest BCUT2D eigenvalue weighted by Gasteiger charge is 2.22. The number of ether oxygens (including phenoxy) is 1. The smallest absolute Gasteiger partial charge is 0.254 e. The molecule has 1 aromatic rings. The standard InChI is InChI=1S/C13H18N2O2/c1-10-9-15(6-7-17-10)13(16)12-4-2-11(8-14)3-5-12/h2-5,10H,6-9,14H2,1H3. The summed E-state index contributed by atoms with van der Waals surface area (Å²) in [4.78, 5) is 14.0. The van der Waals surface area contributed by atoms with E-state index in [1.165, 1.54) is 0 Å². The van der Waals surface area contributed by atoms with Gasteiger partial charge in [-0.05, 0) is 24.6 Å². The molecule has 92 valence electrons. The molecule has 2 rings (SSSR count). The van der Waals surface area contributed by atoms with Gasteiger partial charge in [-0.1, -0.05) is 12.1 Å². The molecule has 1 aliphatic rings. The molecule has 4 nitrogen and oxygen atoms in total. The second-order valence-electron chi connectivity index (χ2n) is 4.33. The molecule has 1 fully saturated rings. The van der Waals surface area contributed by atoms with E-state index in [-0.39, 0.29) is 12.0 Å². The molecule has 0 spiro atoms. The van der Waals surface area contributed by atoms with Crippen molar-refractivity contribution in [3.05, 3.63) is 35.4 Å². The molecule has 1 amide bonds. The van der Waals surface area contributed by atoms with Crippen LogP contribution in [0.3, 0.4) is 0 Å². The molecule has 0 saturated carbocycles. The van der Waals surface area contributed by atoms with E-state index in [1.54, 1.807) is 0 Å². The number of nitrogens with two attached hydrogens (primary N) is 1. The fraction of sp³-hybridized carbons (Fsp3) is 0.462. The van der Waals surface area contributed by atoms with Crippen LogP contribution in [0.1, 0.15) is 22.8 Å². The van der Waals surface area contributed by atoms with Gasteiger partial charge in [-0.15, -0.1) is 0 Å². The SMILES string of the molecule is CC1CN(C(=O)c2ccc(CN)cc2)CCO1. The molecular formula is C13H18N2O2. The number of carbonyl (C=O) groups excluding carboxylic acids is 1. The maximum absolute atomic E-state index is 12.2. The molecule has 1 atom stereocenters. The Morgan fingerprint density at radius 1 is 1.47 bits per heavy atom. The van der Waals surface area contributed by atoms with E-state index in [2.05, 4.69) is 0 Å². The molecule has 4 heteroatoms. The van der Waals surface area contributed by atoms with E-state index in [4.69, 9.17) is 10.5 Å². The highest BCUT2D eigenvalue weighted by Crippen LogP contribution is 2.11. The van der Waals surface area contributed by atoms with Gasteiger partial charge in [0.1, 0.15) is 0 Å². The maximum Gasteiger partial charge on any atom is 0.254 e. The van der Waals surface area contributed by atoms with Gasteiger partial charge in [0.25, 0.3) is 5.91 Å². The highest BCUT2D eigenvalue weighted by molar-refractivity contribution is 5.94. The van der Waals surface area contributed by atoms with Crippen molar-refractivity contribution >= 4 is 5.91 Å². The summed E-state index contributed by atoms with van der Waals surface area (Å²) >= 11 is 0. The van der Waals surface area contributed by atoms with Gasteiger partial charge in [0, 0.05) is 25.2 Å². The van der Waals surface area contributed by atoms with Crippen molar-refractivity contribution < 1.29 is 9.53 Å². The lowest BCUT2D eigenvalue weighted by Gasteiger charge is -2.31. The molecule has 1 aliphatic heterocycles. The van der Waals surface area contributed by atoms with Crippen LogP contribution >= 0.6 is 0 Å². The summed E-state index contributed by atoms with van der Waals surface area (Å²) < 4.78 is 5.42. The number of hydrogen-bond acceptors (Lipinski definition) is 3. The predicted octanol–water partition coefficient (Wildman–Crippen LogP) is 1.01. The van der Waals surface area contributed by atoms with Crippen LogP contribution in [0.5, 0.6) is 0 Å². The average molecular weight is 234 g/mol. The minimum atomic E-state index is 0.0729. The van der Waals surface area contributed by atoms with Crippen LogP contribution < -0.4 is 5.73 Å². The van der Waals surface area contributed by atoms with Crippen LogP contribution in [0.15, 0.2) is 24.3 Å². The number of carbonyl (C=O) groups is 1. The van der Waals surface area contributed by atoms with E-state index in [1.807, 2.05) is 36.1 Å². The van der Waals surface area contributed by atoms with E-state index < -0.39 is 0 Å². The zero-order valence-corrected chi connectivity index (χ0v) is 10.1. The van der Waals surface area contributed by atoms with Gasteiger partial charge in [0.05, 0.1) is 12.7 Å². The molecule has 2 N–H and O–H groups in total. The predicted molar refractivity (Wildman–Crippen MR) is 65.7 cm³/mol. The number of rotatable bonds is 2. The first-order valence-corrected chi connectivity index (χ1v) is 5.90. The Bertz CT molecular complexity index is 389. The summed E-state index contributed by atoms with van der Waals surface area (Å²) in [5.41, 5.74) is 7.28. The normalized spacial score (nSPS) is 20.4. The first-order chi connectivity index (χ1) is 8.20. The van der Waals surface area contributed by atoms with Crippen LogP contribution in [-0.4, -0.2) is 36.6 Å². The summed E-state index contributed by atoms with van der Waals surface area (Å²) in [5, 5.41) is 0. The number of nitrogens with zero attached hydrogens (tertiary/aromatic N) is 1. The number of benzene rings is 1. The van der Waals surface area contributed by atoms with Crippen molar-refractivity contribution in [3.63, 3.8) is 0 Å². The lowest BCUT2D eigenvalue weighted by atomic mass is 10.1. The minimum Gasteiger partial charge on any atom is -0.375 e. The molecular weight excluding hydrogens is 216 g/mol. The second-order valence-corrected chi connectivity index (χ2v) is 4.33. The third-order valence-electron chi connectivity index (χ3n) is 2.96. The first-order valence-electron chi connectivity index (χ1n) is 5.90. The van der Waals surface area contributed by atoms with Gasteiger partial charge >= 0.3 is 0 Å². The lowest BCUT2D eigenvalue weighted by Crippen LogP contribution is -2.44. The minimum absolute atomic E-state index is 0.0729. The van der Waals surface area contributed by atoms with Crippen LogP contribution in [-0.2, 0) is 11.3 Å². The largest absolute Gasteiger partial charge is 0.375 e. The summed E-state index contributed by atoms with van der Waals surface area (Å²) in [5.74, 6) is 0.0729. The van der Waals surface area contributed by atoms with E-state index in [0.717, 1.165) is 11.1 Å². The second kappa shape index (κ2) is 5.29. The molecule has 1 unspecified atom stereocenters. The van der Waals surface area contributed by atoms with Crippen LogP contribution in [0, 0.1) is 0 Å². The van der Waals surface area contributed by atoms with Crippen LogP contribution in [0.4, 0.5) is 0 Å². The van der Waals surface area contributed by atoms with Gasteiger partial charge in [-0.3, -0.25) is 4.79 Å². The monoisotopic (exact) mass is 234 g/mol. The number of hydrogen-bond donors (Lipinski definition) is 1. The van der Waals surface area contributed by atoms with Crippen molar-refractivity contribution in [2.45, 2.75) is 19.6 Å². The Hall–Kier alpha value is -1.39. The van der Waals surface area contributed by atoms with Crippen molar-refractivity contribution in [2.24, 2.45) is 5.73 Å². The van der Waals surface area contributed by atoms with Crippen LogP contribution in [0.25, 0.3) is 0 Å². The van der Waals surface area contributed by atoms with Crippen molar-refractivity contribution in [1.29, 1.82) is 0 Å². The molecule has 0 radical (unpaired) electrons. The van der Waals surface area contributed by atoms with Crippen molar-refractivity contribution in [2.75, 3.05) is 19.7 Å². The van der Waals surface area contributed by atoms with Gasteiger partial charge in [-0.25, -0.2) is 0 Å². The Morgan fingerprint density at radius 2 is 2.18 bits per heavy atom. The maximum atomic E-state index is 12.2. The fourth-order valence-electron chi connectivity index (χ4n) is 1.97. The Kier molecular flexibility index (Phi) is 3.76. The topological polar surface area (TPSA) is 55.6 Å². The Morgan fingerprint density at radius 3 is 2.76 bits per heavy atom. The van der Waals surface area contributed by atoms with Gasteiger partial charge < -0.3 is 15.4 Å². The number of amides is 1. The molecule has 0 aromatic heterocycles. The summed E-state index contributed by atoms with van der Waals surface area (Å²) in [6.45, 7) is 4.44. The molecule has 1 aromatic carbocycles. The summed E-state index contributed by atoms with van der Waals surface area (Å²) in [7, 11) is 0. The quantitative estimate of drug-likeness (QED) is 0.830. The summed E-state index contributed by atoms with van der Waals surface area (Å²) in [6, 6.07) is 7.48. The Balaban J connectivity index is 2.07. The fourth-order valence-corrected chi connectivity index (χ4v) is 1.97. The lowest BCUT2D eigenvalue weighted by molar-refractivity contribution is -0.0124. The molecule has 17 heavy (non-hydrogen) atoms. The molecule has 0 bridgehead atoms. The van der Waals surface area contributed by atoms with Gasteiger partial charge in [0.15, 0.2) is 0 Å². The third kappa shape index (κ3) is 2.84. The van der Waals surface area contributed by atoms with E-state index >= 15 is 0 Å². The third-order valence-corrected chi connectivity index (χ3v) is 2.96. The van der Waals surface area contributed by atoms with Crippen molar-refractivity contribution in [1.82, 2.24) is 4.90 Å². The molecule has 1 saturated heterocycles. The first kappa shape index (κ1) is 12.1. The Labute approximate surface area is 101 Å². The van der Waals surface area contributed by atoms with E-state index in [0.29, 0.717) is 26.2 Å². The molecule has 0 aliphatic carbocycles. The average Bonchev–Trinajstić information content (AvgIpc) is 2.38. The van der Waals surface area contributed by atoms with Crippen molar-refractivity contribution in [3.8, 4) is 0 Å². The zero-order chi connectivity index (χ0) is 12.3. The number of morpholine rings is 1. The van der Waals surface area contributed by atoms with Gasteiger partial charge in [0.2, 0.25) is 0 Å². The van der Waals surface area contributed by atoms with E-state index in [9.17, 15) is 4.79 Å². The molecule has 1 heterocycles. The summed E-state index contributed by atoms with van der Waals surface area (Å²) in [6.07, 6.45) is 0.121. The van der Waals surface area contributed by atoms with Crippen LogP contribution in [0.2, 0.25) is 0 Å².